The lowest BCUT2D eigenvalue weighted by Gasteiger charge is -2.12. The van der Waals surface area contributed by atoms with Crippen LogP contribution in [0.25, 0.3) is 21.5 Å². The average molecular weight is 868 g/mol. The summed E-state index contributed by atoms with van der Waals surface area (Å²) in [4.78, 5) is 9.04. The molecule has 0 saturated heterocycles. The van der Waals surface area contributed by atoms with Gasteiger partial charge in [-0.25, -0.2) is 10.9 Å². The van der Waals surface area contributed by atoms with Crippen molar-refractivity contribution in [1.29, 1.82) is 0 Å². The van der Waals surface area contributed by atoms with Crippen molar-refractivity contribution in [2.75, 3.05) is 13.1 Å². The van der Waals surface area contributed by atoms with Gasteiger partial charge in [-0.2, -0.15) is 10.2 Å². The highest BCUT2D eigenvalue weighted by Gasteiger charge is 2.11. The number of hydrogen-bond donors (Lipinski definition) is 4. The summed E-state index contributed by atoms with van der Waals surface area (Å²) in [6.07, 6.45) is 41.3. The van der Waals surface area contributed by atoms with Gasteiger partial charge in [0, 0.05) is 24.2 Å². The highest BCUT2D eigenvalue weighted by molar-refractivity contribution is 6.21. The topological polar surface area (TPSA) is 126 Å². The minimum absolute atomic E-state index is 0. The van der Waals surface area contributed by atoms with Crippen LogP contribution in [0, 0.1) is 0 Å². The Morgan fingerprint density at radius 1 is 0.400 bits per heavy atom. The molecule has 0 amide bonds. The summed E-state index contributed by atoms with van der Waals surface area (Å²) < 4.78 is 0. The van der Waals surface area contributed by atoms with Crippen molar-refractivity contribution >= 4 is 70.7 Å². The molecular weight excluding hydrogens is 784 g/mol. The first-order valence-corrected chi connectivity index (χ1v) is 23.8. The van der Waals surface area contributed by atoms with E-state index in [2.05, 4.69) is 93.4 Å². The van der Waals surface area contributed by atoms with Crippen LogP contribution < -0.4 is 22.3 Å². The van der Waals surface area contributed by atoms with Gasteiger partial charge in [0.15, 0.2) is 0 Å². The molecule has 3 rings (SSSR count). The normalized spacial score (nSPS) is 12.1. The number of nitrogens with two attached hydrogens (primary N) is 2. The summed E-state index contributed by atoms with van der Waals surface area (Å²) >= 11 is 0. The Morgan fingerprint density at radius 2 is 0.633 bits per heavy atom. The van der Waals surface area contributed by atoms with Crippen molar-refractivity contribution in [2.45, 2.75) is 194 Å². The molecule has 0 unspecified atom stereocenters. The molecule has 60 heavy (non-hydrogen) atoms. The molecular formula is C50H84Cl2N8. The van der Waals surface area contributed by atoms with Crippen LogP contribution >= 0.6 is 24.8 Å². The van der Waals surface area contributed by atoms with Crippen molar-refractivity contribution in [3.63, 3.8) is 0 Å². The molecule has 0 radical (unpaired) electrons. The van der Waals surface area contributed by atoms with Crippen LogP contribution in [-0.4, -0.2) is 37.4 Å². The smallest absolute Gasteiger partial charge is 0.209 e. The molecule has 338 valence electrons. The zero-order valence-electron chi connectivity index (χ0n) is 37.7. The first kappa shape index (κ1) is 54.7. The van der Waals surface area contributed by atoms with Crippen molar-refractivity contribution in [3.05, 3.63) is 59.7 Å². The van der Waals surface area contributed by atoms with Crippen LogP contribution in [0.4, 0.5) is 0 Å². The minimum Gasteiger partial charge on any atom is -0.369 e. The Hall–Kier alpha value is -3.36. The minimum atomic E-state index is 0. The molecule has 0 aromatic heterocycles. The first-order chi connectivity index (χ1) is 28.7. The summed E-state index contributed by atoms with van der Waals surface area (Å²) in [5.41, 5.74) is 20.3. The number of rotatable bonds is 34. The number of guanidine groups is 2. The number of nitrogens with one attached hydrogen (secondary N) is 2. The fourth-order valence-electron chi connectivity index (χ4n) is 7.88. The van der Waals surface area contributed by atoms with E-state index >= 15 is 0 Å². The summed E-state index contributed by atoms with van der Waals surface area (Å²) in [6, 6.07) is 16.7. The number of aliphatic imine (C=N–C) groups is 2. The average Bonchev–Trinajstić information content (AvgIpc) is 3.24. The van der Waals surface area contributed by atoms with Crippen molar-refractivity contribution in [1.82, 2.24) is 10.9 Å². The van der Waals surface area contributed by atoms with Gasteiger partial charge in [-0.05, 0) is 34.4 Å². The van der Waals surface area contributed by atoms with E-state index in [1.807, 2.05) is 12.4 Å². The fourth-order valence-corrected chi connectivity index (χ4v) is 7.88. The standard InChI is InChI=1S/C50H82N8.2ClH/c1-3-5-7-9-11-13-15-17-19-21-23-25-27-33-39-53-49(51)57-55-41-47-43-35-29-31-37-45(43)48(46-38-32-30-36-44(46)47)42-56-58-50(52)54-40-34-28-26-24-22-20-18-16-14-12-10-8-6-4-2;;/h29-32,35-38,41-42H,3-28,33-34,39-40H2,1-2H3,(H3,51,53,57)(H3,52,54,58);2*1H/b55-41+,56-42+;;. The van der Waals surface area contributed by atoms with E-state index in [-0.39, 0.29) is 24.8 Å². The predicted molar refractivity (Wildman–Crippen MR) is 271 cm³/mol. The molecule has 0 spiro atoms. The number of fused-ring (bicyclic) bond motifs is 2. The quantitative estimate of drug-likeness (QED) is 0.0157. The molecule has 3 aromatic carbocycles. The van der Waals surface area contributed by atoms with Gasteiger partial charge in [-0.3, -0.25) is 9.98 Å². The van der Waals surface area contributed by atoms with Crippen LogP contribution in [0.2, 0.25) is 0 Å². The molecule has 6 N–H and O–H groups in total. The molecule has 10 heteroatoms. The zero-order chi connectivity index (χ0) is 41.1. The van der Waals surface area contributed by atoms with Gasteiger partial charge in [-0.15, -0.1) is 24.8 Å². The molecule has 8 nitrogen and oxygen atoms in total. The van der Waals surface area contributed by atoms with Gasteiger partial charge < -0.3 is 11.5 Å². The number of nitrogens with zero attached hydrogens (tertiary/aromatic N) is 4. The SMILES string of the molecule is CCCCCCCCCCCCCCCCN=C(N)N/N=C/c1c2ccccc2c(/C=N/NC(N)=NCCCCCCCCCCCCCCCC)c2ccccc12.Cl.Cl. The van der Waals surface area contributed by atoms with E-state index in [9.17, 15) is 0 Å². The van der Waals surface area contributed by atoms with Crippen LogP contribution in [0.5, 0.6) is 0 Å². The van der Waals surface area contributed by atoms with E-state index in [1.165, 1.54) is 167 Å². The van der Waals surface area contributed by atoms with Crippen LogP contribution in [0.3, 0.4) is 0 Å². The third kappa shape index (κ3) is 24.2. The Bertz CT molecular complexity index is 1450. The second-order valence-corrected chi connectivity index (χ2v) is 16.4. The maximum Gasteiger partial charge on any atom is 0.209 e. The number of halogens is 2. The number of hydrazone groups is 2. The Labute approximate surface area is 378 Å². The summed E-state index contributed by atoms with van der Waals surface area (Å²) in [5.74, 6) is 0.691. The highest BCUT2D eigenvalue weighted by Crippen LogP contribution is 2.31. The maximum absolute atomic E-state index is 6.19. The first-order valence-electron chi connectivity index (χ1n) is 23.8. The van der Waals surface area contributed by atoms with Gasteiger partial charge in [0.05, 0.1) is 12.4 Å². The Morgan fingerprint density at radius 3 is 0.883 bits per heavy atom. The predicted octanol–water partition coefficient (Wildman–Crippen LogP) is 14.3. The molecule has 0 aliphatic carbocycles. The molecule has 3 aromatic rings. The lowest BCUT2D eigenvalue weighted by Crippen LogP contribution is -2.27. The summed E-state index contributed by atoms with van der Waals surface area (Å²) in [7, 11) is 0. The van der Waals surface area contributed by atoms with Crippen molar-refractivity contribution in [2.24, 2.45) is 31.7 Å². The van der Waals surface area contributed by atoms with E-state index in [0.717, 1.165) is 58.6 Å². The van der Waals surface area contributed by atoms with Gasteiger partial charge in [0.2, 0.25) is 11.9 Å². The number of hydrogen-bond acceptors (Lipinski definition) is 4. The van der Waals surface area contributed by atoms with Crippen molar-refractivity contribution < 1.29 is 0 Å². The van der Waals surface area contributed by atoms with Gasteiger partial charge in [-0.1, -0.05) is 229 Å². The third-order valence-corrected chi connectivity index (χ3v) is 11.3. The maximum atomic E-state index is 6.19. The second-order valence-electron chi connectivity index (χ2n) is 16.4. The van der Waals surface area contributed by atoms with Gasteiger partial charge in [0.1, 0.15) is 0 Å². The highest BCUT2D eigenvalue weighted by atomic mass is 35.5. The molecule has 0 aliphatic heterocycles. The molecule has 0 aliphatic rings. The lowest BCUT2D eigenvalue weighted by molar-refractivity contribution is 0.536. The molecule has 0 heterocycles. The zero-order valence-corrected chi connectivity index (χ0v) is 39.4. The molecule has 0 bridgehead atoms. The van der Waals surface area contributed by atoms with Crippen LogP contribution in [0.15, 0.2) is 68.7 Å². The van der Waals surface area contributed by atoms with Gasteiger partial charge in [0.25, 0.3) is 0 Å². The number of unbranched alkanes of at least 4 members (excludes halogenated alkanes) is 26. The second kappa shape index (κ2) is 37.4. The largest absolute Gasteiger partial charge is 0.369 e. The van der Waals surface area contributed by atoms with Crippen molar-refractivity contribution in [3.8, 4) is 0 Å². The monoisotopic (exact) mass is 867 g/mol. The Balaban J connectivity index is 0.00000900. The van der Waals surface area contributed by atoms with E-state index in [0.29, 0.717) is 11.9 Å². The fraction of sp³-hybridized carbons (Fsp3) is 0.640. The molecule has 0 fully saturated rings. The molecule has 0 saturated carbocycles. The van der Waals surface area contributed by atoms with E-state index in [1.54, 1.807) is 0 Å². The van der Waals surface area contributed by atoms with Gasteiger partial charge >= 0.3 is 0 Å². The summed E-state index contributed by atoms with van der Waals surface area (Å²) in [6.45, 7) is 6.00. The van der Waals surface area contributed by atoms with E-state index < -0.39 is 0 Å². The van der Waals surface area contributed by atoms with Crippen LogP contribution in [0.1, 0.15) is 205 Å². The van der Waals surface area contributed by atoms with E-state index in [4.69, 9.17) is 11.5 Å². The number of benzene rings is 3. The summed E-state index contributed by atoms with van der Waals surface area (Å²) in [5, 5.41) is 13.3. The lowest BCUT2D eigenvalue weighted by atomic mass is 9.92. The molecule has 0 atom stereocenters. The third-order valence-electron chi connectivity index (χ3n) is 11.3. The van der Waals surface area contributed by atoms with Crippen LogP contribution in [-0.2, 0) is 0 Å². The Kier molecular flexibility index (Phi) is 34.1.